The highest BCUT2D eigenvalue weighted by molar-refractivity contribution is 6.08. The van der Waals surface area contributed by atoms with Crippen molar-refractivity contribution in [3.05, 3.63) is 101 Å². The quantitative estimate of drug-likeness (QED) is 0.670. The molecule has 1 aliphatic heterocycles. The molecule has 2 aromatic carbocycles. The summed E-state index contributed by atoms with van der Waals surface area (Å²) in [4.78, 5) is 34.0. The number of aromatic nitrogens is 1. The van der Waals surface area contributed by atoms with E-state index < -0.39 is 17.6 Å². The summed E-state index contributed by atoms with van der Waals surface area (Å²) in [6.07, 6.45) is 2.98. The van der Waals surface area contributed by atoms with Gasteiger partial charge in [0, 0.05) is 29.9 Å². The standard InChI is InChI=1S/C22H19N3O3/c23-21(27)19-13-22(25-28-19,18-7-4-12-24-14-18)17-10-8-16(9-11-17)20(26)15-5-2-1-3-6-15/h1-12,14,19,25H,13H2,(H2,23,27). The summed E-state index contributed by atoms with van der Waals surface area (Å²) in [5, 5.41) is 0. The highest BCUT2D eigenvalue weighted by Gasteiger charge is 2.45. The van der Waals surface area contributed by atoms with Crippen LogP contribution in [0.4, 0.5) is 0 Å². The smallest absolute Gasteiger partial charge is 0.248 e. The van der Waals surface area contributed by atoms with Crippen LogP contribution in [0.25, 0.3) is 0 Å². The first-order valence-electron chi connectivity index (χ1n) is 8.93. The molecule has 1 aromatic heterocycles. The second-order valence-corrected chi connectivity index (χ2v) is 6.73. The Morgan fingerprint density at radius 3 is 2.29 bits per heavy atom. The summed E-state index contributed by atoms with van der Waals surface area (Å²) >= 11 is 0. The molecule has 2 unspecified atom stereocenters. The molecule has 0 aliphatic carbocycles. The zero-order chi connectivity index (χ0) is 19.6. The van der Waals surface area contributed by atoms with E-state index in [0.29, 0.717) is 17.5 Å². The Balaban J connectivity index is 1.70. The molecule has 1 fully saturated rings. The molecule has 4 rings (SSSR count). The van der Waals surface area contributed by atoms with Crippen LogP contribution in [0.5, 0.6) is 0 Å². The number of hydrogen-bond acceptors (Lipinski definition) is 5. The topological polar surface area (TPSA) is 94.3 Å². The zero-order valence-electron chi connectivity index (χ0n) is 15.0. The lowest BCUT2D eigenvalue weighted by molar-refractivity contribution is -0.129. The molecular formula is C22H19N3O3. The minimum Gasteiger partial charge on any atom is -0.367 e. The van der Waals surface area contributed by atoms with Crippen LogP contribution in [0.15, 0.2) is 79.1 Å². The van der Waals surface area contributed by atoms with E-state index in [2.05, 4.69) is 10.5 Å². The third-order valence-corrected chi connectivity index (χ3v) is 5.01. The Bertz CT molecular complexity index is 991. The molecule has 0 radical (unpaired) electrons. The van der Waals surface area contributed by atoms with Gasteiger partial charge in [-0.25, -0.2) is 0 Å². The molecule has 0 bridgehead atoms. The van der Waals surface area contributed by atoms with Crippen molar-refractivity contribution in [1.29, 1.82) is 0 Å². The van der Waals surface area contributed by atoms with Crippen LogP contribution in [0.2, 0.25) is 0 Å². The molecular weight excluding hydrogens is 354 g/mol. The summed E-state index contributed by atoms with van der Waals surface area (Å²) in [6, 6.07) is 20.1. The lowest BCUT2D eigenvalue weighted by atomic mass is 9.80. The van der Waals surface area contributed by atoms with Crippen molar-refractivity contribution < 1.29 is 14.4 Å². The minimum atomic E-state index is -0.776. The number of hydroxylamine groups is 1. The molecule has 28 heavy (non-hydrogen) atoms. The lowest BCUT2D eigenvalue weighted by Gasteiger charge is -2.28. The van der Waals surface area contributed by atoms with Crippen LogP contribution >= 0.6 is 0 Å². The van der Waals surface area contributed by atoms with Crippen LogP contribution in [0.1, 0.15) is 33.5 Å². The number of ketones is 1. The maximum absolute atomic E-state index is 12.7. The maximum atomic E-state index is 12.7. The molecule has 1 amide bonds. The number of nitrogens with two attached hydrogens (primary N) is 1. The average Bonchev–Trinajstić information content (AvgIpc) is 3.22. The van der Waals surface area contributed by atoms with Gasteiger partial charge >= 0.3 is 0 Å². The fourth-order valence-corrected chi connectivity index (χ4v) is 3.49. The Hall–Kier alpha value is -3.35. The Morgan fingerprint density at radius 1 is 0.964 bits per heavy atom. The van der Waals surface area contributed by atoms with E-state index in [0.717, 1.165) is 11.1 Å². The van der Waals surface area contributed by atoms with Crippen LogP contribution in [0, 0.1) is 0 Å². The predicted octanol–water partition coefficient (Wildman–Crippen LogP) is 2.33. The van der Waals surface area contributed by atoms with Crippen molar-refractivity contribution in [3.63, 3.8) is 0 Å². The van der Waals surface area contributed by atoms with Crippen molar-refractivity contribution in [1.82, 2.24) is 10.5 Å². The van der Waals surface area contributed by atoms with Crippen molar-refractivity contribution >= 4 is 11.7 Å². The first kappa shape index (κ1) is 18.0. The number of pyridine rings is 1. The van der Waals surface area contributed by atoms with E-state index in [1.54, 1.807) is 36.7 Å². The monoisotopic (exact) mass is 373 g/mol. The van der Waals surface area contributed by atoms with Gasteiger partial charge in [0.15, 0.2) is 11.9 Å². The lowest BCUT2D eigenvalue weighted by Crippen LogP contribution is -2.37. The summed E-state index contributed by atoms with van der Waals surface area (Å²) in [5.74, 6) is -0.581. The predicted molar refractivity (Wildman–Crippen MR) is 103 cm³/mol. The third kappa shape index (κ3) is 3.19. The Morgan fingerprint density at radius 2 is 1.68 bits per heavy atom. The SMILES string of the molecule is NC(=O)C1CC(c2ccc(C(=O)c3ccccc3)cc2)(c2cccnc2)NO1. The van der Waals surface area contributed by atoms with Crippen LogP contribution in [-0.2, 0) is 15.2 Å². The fraction of sp³-hybridized carbons (Fsp3) is 0.136. The van der Waals surface area contributed by atoms with E-state index in [9.17, 15) is 9.59 Å². The van der Waals surface area contributed by atoms with E-state index in [1.165, 1.54) is 0 Å². The number of hydrogen-bond donors (Lipinski definition) is 2. The number of nitrogens with one attached hydrogen (secondary N) is 1. The van der Waals surface area contributed by atoms with Crippen molar-refractivity contribution in [2.45, 2.75) is 18.1 Å². The van der Waals surface area contributed by atoms with Gasteiger partial charge in [-0.05, 0) is 17.2 Å². The number of nitrogens with zero attached hydrogens (tertiary/aromatic N) is 1. The Kier molecular flexibility index (Phi) is 4.73. The number of primary amides is 1. The van der Waals surface area contributed by atoms with E-state index in [-0.39, 0.29) is 5.78 Å². The molecule has 1 saturated heterocycles. The van der Waals surface area contributed by atoms with E-state index in [4.69, 9.17) is 10.6 Å². The zero-order valence-corrected chi connectivity index (χ0v) is 15.0. The normalized spacial score (nSPS) is 21.4. The highest BCUT2D eigenvalue weighted by Crippen LogP contribution is 2.38. The summed E-state index contributed by atoms with van der Waals surface area (Å²) in [5.41, 5.74) is 10.6. The molecule has 6 heteroatoms. The van der Waals surface area contributed by atoms with Gasteiger partial charge < -0.3 is 5.73 Å². The van der Waals surface area contributed by atoms with Gasteiger partial charge in [-0.1, -0.05) is 60.7 Å². The number of amides is 1. The second-order valence-electron chi connectivity index (χ2n) is 6.73. The van der Waals surface area contributed by atoms with E-state index >= 15 is 0 Å². The highest BCUT2D eigenvalue weighted by atomic mass is 16.7. The number of benzene rings is 2. The molecule has 2 atom stereocenters. The van der Waals surface area contributed by atoms with Gasteiger partial charge in [0.1, 0.15) is 0 Å². The van der Waals surface area contributed by atoms with Crippen LogP contribution in [-0.4, -0.2) is 22.8 Å². The third-order valence-electron chi connectivity index (χ3n) is 5.01. The molecule has 3 N–H and O–H groups in total. The number of carbonyl (C=O) groups is 2. The van der Waals surface area contributed by atoms with Crippen molar-refractivity contribution in [2.24, 2.45) is 5.73 Å². The second kappa shape index (κ2) is 7.34. The van der Waals surface area contributed by atoms with Crippen molar-refractivity contribution in [2.75, 3.05) is 0 Å². The summed E-state index contributed by atoms with van der Waals surface area (Å²) in [7, 11) is 0. The van der Waals surface area contributed by atoms with Gasteiger partial charge in [-0.15, -0.1) is 0 Å². The summed E-state index contributed by atoms with van der Waals surface area (Å²) in [6.45, 7) is 0. The molecule has 3 aromatic rings. The molecule has 1 aliphatic rings. The van der Waals surface area contributed by atoms with Gasteiger partial charge in [0.05, 0.1) is 5.54 Å². The first-order valence-corrected chi connectivity index (χ1v) is 8.93. The van der Waals surface area contributed by atoms with Gasteiger partial charge in [0.25, 0.3) is 0 Å². The van der Waals surface area contributed by atoms with Crippen LogP contribution < -0.4 is 11.2 Å². The van der Waals surface area contributed by atoms with Gasteiger partial charge in [0.2, 0.25) is 5.91 Å². The van der Waals surface area contributed by atoms with Gasteiger partial charge in [-0.2, -0.15) is 5.48 Å². The molecule has 0 spiro atoms. The minimum absolute atomic E-state index is 0.0479. The molecule has 0 saturated carbocycles. The summed E-state index contributed by atoms with van der Waals surface area (Å²) < 4.78 is 0. The molecule has 140 valence electrons. The first-order chi connectivity index (χ1) is 13.6. The maximum Gasteiger partial charge on any atom is 0.248 e. The van der Waals surface area contributed by atoms with Crippen LogP contribution in [0.3, 0.4) is 0 Å². The van der Waals surface area contributed by atoms with Crippen molar-refractivity contribution in [3.8, 4) is 0 Å². The Labute approximate surface area is 162 Å². The molecule has 2 heterocycles. The van der Waals surface area contributed by atoms with E-state index in [1.807, 2.05) is 42.5 Å². The molecule has 6 nitrogen and oxygen atoms in total. The fourth-order valence-electron chi connectivity index (χ4n) is 3.49. The number of rotatable bonds is 5. The number of carbonyl (C=O) groups excluding carboxylic acids is 2. The van der Waals surface area contributed by atoms with Gasteiger partial charge in [-0.3, -0.25) is 19.4 Å². The average molecular weight is 373 g/mol. The largest absolute Gasteiger partial charge is 0.367 e.